The lowest BCUT2D eigenvalue weighted by Gasteiger charge is -2.23. The van der Waals surface area contributed by atoms with Gasteiger partial charge in [-0.2, -0.15) is 0 Å². The third-order valence-corrected chi connectivity index (χ3v) is 3.56. The number of allylic oxidation sites excluding steroid dienone is 3. The van der Waals surface area contributed by atoms with Gasteiger partial charge >= 0.3 is 0 Å². The van der Waals surface area contributed by atoms with Gasteiger partial charge in [0.05, 0.1) is 0 Å². The zero-order valence-corrected chi connectivity index (χ0v) is 11.8. The maximum absolute atomic E-state index is 11.9. The minimum absolute atomic E-state index is 0.556. The first kappa shape index (κ1) is 15.5. The monoisotopic (exact) mass is 295 g/mol. The average molecular weight is 295 g/mol. The summed E-state index contributed by atoms with van der Waals surface area (Å²) >= 11 is 0. The van der Waals surface area contributed by atoms with Gasteiger partial charge < -0.3 is 15.1 Å². The number of amides is 2. The molecule has 2 amide bonds. The van der Waals surface area contributed by atoms with Gasteiger partial charge in [0.15, 0.2) is 12.2 Å². The second kappa shape index (κ2) is 7.24. The highest BCUT2D eigenvalue weighted by atomic mass is 16.3. The third kappa shape index (κ3) is 4.05. The van der Waals surface area contributed by atoms with E-state index in [2.05, 4.69) is 10.9 Å². The van der Waals surface area contributed by atoms with Gasteiger partial charge in [-0.05, 0) is 31.8 Å². The van der Waals surface area contributed by atoms with Crippen LogP contribution in [0.2, 0.25) is 0 Å². The van der Waals surface area contributed by atoms with Crippen LogP contribution in [0.3, 0.4) is 0 Å². The van der Waals surface area contributed by atoms with Gasteiger partial charge in [-0.25, -0.2) is 0 Å². The predicted molar refractivity (Wildman–Crippen MR) is 75.6 cm³/mol. The van der Waals surface area contributed by atoms with E-state index in [-0.39, 0.29) is 0 Å². The number of likely N-dealkylation sites (tertiary alicyclic amines) is 1. The van der Waals surface area contributed by atoms with Crippen LogP contribution in [0.4, 0.5) is 0 Å². The van der Waals surface area contributed by atoms with E-state index in [0.717, 1.165) is 25.7 Å². The number of hydrogen-bond donors (Lipinski definition) is 4. The smallest absolute Gasteiger partial charge is 0.270 e. The number of carbonyl (C=O) groups is 2. The Hall–Kier alpha value is -1.86. The van der Waals surface area contributed by atoms with Crippen molar-refractivity contribution in [2.75, 3.05) is 13.1 Å². The van der Waals surface area contributed by atoms with Crippen molar-refractivity contribution in [1.82, 2.24) is 15.8 Å². The van der Waals surface area contributed by atoms with Crippen molar-refractivity contribution in [2.24, 2.45) is 0 Å². The van der Waals surface area contributed by atoms with Crippen molar-refractivity contribution in [2.45, 2.75) is 37.9 Å². The molecule has 1 saturated heterocycles. The number of aliphatic hydroxyl groups excluding tert-OH is 2. The van der Waals surface area contributed by atoms with Crippen LogP contribution in [0.25, 0.3) is 0 Å². The summed E-state index contributed by atoms with van der Waals surface area (Å²) in [4.78, 5) is 25.1. The maximum atomic E-state index is 11.9. The molecule has 2 aliphatic rings. The van der Waals surface area contributed by atoms with Crippen LogP contribution in [0.15, 0.2) is 23.9 Å². The van der Waals surface area contributed by atoms with Crippen molar-refractivity contribution in [3.8, 4) is 0 Å². The second-order valence-electron chi connectivity index (χ2n) is 5.18. The molecular weight excluding hydrogens is 274 g/mol. The Labute approximate surface area is 123 Å². The molecule has 0 aromatic rings. The van der Waals surface area contributed by atoms with E-state index in [0.29, 0.717) is 18.8 Å². The van der Waals surface area contributed by atoms with E-state index in [1.165, 1.54) is 4.90 Å². The van der Waals surface area contributed by atoms with Crippen molar-refractivity contribution in [1.29, 1.82) is 0 Å². The minimum Gasteiger partial charge on any atom is -0.380 e. The molecule has 2 atom stereocenters. The molecule has 7 nitrogen and oxygen atoms in total. The standard InChI is InChI=1S/C14H21N3O4/c18-11(12(19)14(21)17-8-4-5-9-17)13(20)16-15-10-6-2-1-3-7-10/h2,6-7,11-12,15,18-19H,1,3-5,8-9H2,(H,16,20). The van der Waals surface area contributed by atoms with Crippen molar-refractivity contribution >= 4 is 11.8 Å². The molecule has 21 heavy (non-hydrogen) atoms. The summed E-state index contributed by atoms with van der Waals surface area (Å²) < 4.78 is 0. The summed E-state index contributed by atoms with van der Waals surface area (Å²) in [6.07, 6.45) is 5.71. The predicted octanol–water partition coefficient (Wildman–Crippen LogP) is -0.815. The molecule has 0 radical (unpaired) electrons. The van der Waals surface area contributed by atoms with Gasteiger partial charge in [0.2, 0.25) is 0 Å². The largest absolute Gasteiger partial charge is 0.380 e. The molecule has 2 rings (SSSR count). The van der Waals surface area contributed by atoms with Gasteiger partial charge in [-0.1, -0.05) is 12.2 Å². The molecule has 7 heteroatoms. The second-order valence-corrected chi connectivity index (χ2v) is 5.18. The first-order valence-corrected chi connectivity index (χ1v) is 7.17. The molecule has 0 spiro atoms. The highest BCUT2D eigenvalue weighted by Gasteiger charge is 2.34. The van der Waals surface area contributed by atoms with Crippen LogP contribution in [0, 0.1) is 0 Å². The van der Waals surface area contributed by atoms with E-state index in [4.69, 9.17) is 0 Å². The molecule has 1 aliphatic heterocycles. The quantitative estimate of drug-likeness (QED) is 0.497. The number of carbonyl (C=O) groups excluding carboxylic acids is 2. The molecule has 4 N–H and O–H groups in total. The molecular formula is C14H21N3O4. The summed E-state index contributed by atoms with van der Waals surface area (Å²) in [7, 11) is 0. The summed E-state index contributed by atoms with van der Waals surface area (Å²) in [5.41, 5.74) is 5.64. The lowest BCUT2D eigenvalue weighted by atomic mass is 10.1. The normalized spacial score (nSPS) is 20.7. The van der Waals surface area contributed by atoms with Gasteiger partial charge in [-0.3, -0.25) is 20.4 Å². The summed E-state index contributed by atoms with van der Waals surface area (Å²) in [5, 5.41) is 19.6. The Morgan fingerprint density at radius 3 is 2.48 bits per heavy atom. The van der Waals surface area contributed by atoms with E-state index in [1.807, 2.05) is 18.2 Å². The molecule has 1 heterocycles. The highest BCUT2D eigenvalue weighted by molar-refractivity contribution is 5.90. The molecule has 1 aliphatic carbocycles. The van der Waals surface area contributed by atoms with E-state index < -0.39 is 24.0 Å². The molecule has 0 aromatic carbocycles. The molecule has 1 fully saturated rings. The number of nitrogens with one attached hydrogen (secondary N) is 2. The van der Waals surface area contributed by atoms with Crippen LogP contribution >= 0.6 is 0 Å². The van der Waals surface area contributed by atoms with Gasteiger partial charge in [-0.15, -0.1) is 0 Å². The number of rotatable bonds is 5. The zero-order valence-electron chi connectivity index (χ0n) is 11.8. The van der Waals surface area contributed by atoms with Crippen LogP contribution < -0.4 is 10.9 Å². The molecule has 116 valence electrons. The molecule has 2 unspecified atom stereocenters. The van der Waals surface area contributed by atoms with Crippen molar-refractivity contribution in [3.63, 3.8) is 0 Å². The Morgan fingerprint density at radius 1 is 1.14 bits per heavy atom. The minimum atomic E-state index is -1.79. The molecule has 0 bridgehead atoms. The van der Waals surface area contributed by atoms with Gasteiger partial charge in [0, 0.05) is 18.8 Å². The van der Waals surface area contributed by atoms with Crippen LogP contribution in [-0.2, 0) is 9.59 Å². The average Bonchev–Trinajstić information content (AvgIpc) is 3.05. The van der Waals surface area contributed by atoms with E-state index >= 15 is 0 Å². The first-order valence-electron chi connectivity index (χ1n) is 7.17. The maximum Gasteiger partial charge on any atom is 0.270 e. The lowest BCUT2D eigenvalue weighted by Crippen LogP contribution is -2.52. The Bertz CT molecular complexity index is 455. The van der Waals surface area contributed by atoms with Crippen LogP contribution in [-0.4, -0.2) is 52.2 Å². The highest BCUT2D eigenvalue weighted by Crippen LogP contribution is 2.11. The molecule has 0 saturated carbocycles. The Morgan fingerprint density at radius 2 is 1.86 bits per heavy atom. The van der Waals surface area contributed by atoms with Crippen molar-refractivity contribution in [3.05, 3.63) is 23.9 Å². The summed E-state index contributed by atoms with van der Waals surface area (Å²) in [6.45, 7) is 1.11. The fourth-order valence-corrected chi connectivity index (χ4v) is 2.32. The fraction of sp³-hybridized carbons (Fsp3) is 0.571. The van der Waals surface area contributed by atoms with Gasteiger partial charge in [0.25, 0.3) is 11.8 Å². The van der Waals surface area contributed by atoms with Crippen LogP contribution in [0.5, 0.6) is 0 Å². The number of hydrogen-bond acceptors (Lipinski definition) is 5. The summed E-state index contributed by atoms with van der Waals surface area (Å²) in [6, 6.07) is 0. The lowest BCUT2D eigenvalue weighted by molar-refractivity contribution is -0.152. The van der Waals surface area contributed by atoms with E-state index in [1.54, 1.807) is 0 Å². The fourth-order valence-electron chi connectivity index (χ4n) is 2.32. The van der Waals surface area contributed by atoms with E-state index in [9.17, 15) is 19.8 Å². The summed E-state index contributed by atoms with van der Waals surface area (Å²) in [5.74, 6) is -1.44. The topological polar surface area (TPSA) is 102 Å². The number of hydrazine groups is 1. The SMILES string of the molecule is O=C(NNC1=CCCC=C1)C(O)C(O)C(=O)N1CCCC1. The van der Waals surface area contributed by atoms with Crippen LogP contribution in [0.1, 0.15) is 25.7 Å². The number of nitrogens with zero attached hydrogens (tertiary/aromatic N) is 1. The first-order chi connectivity index (χ1) is 10.1. The number of aliphatic hydroxyl groups is 2. The molecule has 0 aromatic heterocycles. The Balaban J connectivity index is 1.81. The van der Waals surface area contributed by atoms with Crippen molar-refractivity contribution < 1.29 is 19.8 Å². The Kier molecular flexibility index (Phi) is 5.35. The zero-order chi connectivity index (χ0) is 15.2. The van der Waals surface area contributed by atoms with Gasteiger partial charge in [0.1, 0.15) is 0 Å². The third-order valence-electron chi connectivity index (χ3n) is 3.56.